The molecule has 12 heavy (non-hydrogen) atoms. The molecular formula is C9H15NO2. The molecule has 0 amide bonds. The lowest BCUT2D eigenvalue weighted by Gasteiger charge is -2.07. The van der Waals surface area contributed by atoms with Gasteiger partial charge in [0.1, 0.15) is 6.61 Å². The second kappa shape index (κ2) is 2.02. The van der Waals surface area contributed by atoms with E-state index in [9.17, 15) is 0 Å². The van der Waals surface area contributed by atoms with Crippen molar-refractivity contribution < 1.29 is 9.47 Å². The van der Waals surface area contributed by atoms with Crippen LogP contribution in [0.25, 0.3) is 0 Å². The van der Waals surface area contributed by atoms with Crippen molar-refractivity contribution >= 4 is 5.90 Å². The van der Waals surface area contributed by atoms with Gasteiger partial charge in [0.15, 0.2) is 6.10 Å². The summed E-state index contributed by atoms with van der Waals surface area (Å²) in [6.07, 6.45) is 0.0966. The fourth-order valence-corrected chi connectivity index (χ4v) is 1.37. The Morgan fingerprint density at radius 3 is 2.25 bits per heavy atom. The average Bonchev–Trinajstić information content (AvgIpc) is 2.35. The molecule has 0 radical (unpaired) electrons. The van der Waals surface area contributed by atoms with Crippen molar-refractivity contribution in [1.82, 2.24) is 0 Å². The van der Waals surface area contributed by atoms with E-state index in [1.165, 1.54) is 0 Å². The Labute approximate surface area is 72.8 Å². The summed E-state index contributed by atoms with van der Waals surface area (Å²) in [5, 5.41) is 0. The molecule has 1 saturated heterocycles. The minimum Gasteiger partial charge on any atom is -0.476 e. The molecule has 0 spiro atoms. The van der Waals surface area contributed by atoms with E-state index in [4.69, 9.17) is 9.47 Å². The maximum Gasteiger partial charge on any atom is 0.217 e. The topological polar surface area (TPSA) is 34.1 Å². The zero-order valence-electron chi connectivity index (χ0n) is 8.05. The molecule has 0 bridgehead atoms. The summed E-state index contributed by atoms with van der Waals surface area (Å²) >= 11 is 0. The van der Waals surface area contributed by atoms with E-state index in [2.05, 4.69) is 32.7 Å². The first-order chi connectivity index (χ1) is 5.41. The minimum absolute atomic E-state index is 0.0563. The van der Waals surface area contributed by atoms with Crippen LogP contribution in [0.5, 0.6) is 0 Å². The SMILES string of the molecule is CC1(C)COC(C2OC2(C)C)=N1. The smallest absolute Gasteiger partial charge is 0.217 e. The van der Waals surface area contributed by atoms with Crippen molar-refractivity contribution in [2.75, 3.05) is 6.61 Å². The zero-order chi connectivity index (χ0) is 8.98. The predicted octanol–water partition coefficient (Wildman–Crippen LogP) is 1.37. The van der Waals surface area contributed by atoms with Crippen molar-refractivity contribution in [2.24, 2.45) is 4.99 Å². The molecule has 1 atom stereocenters. The third-order valence-corrected chi connectivity index (χ3v) is 2.21. The van der Waals surface area contributed by atoms with Gasteiger partial charge in [-0.15, -0.1) is 0 Å². The van der Waals surface area contributed by atoms with Gasteiger partial charge in [-0.25, -0.2) is 4.99 Å². The quantitative estimate of drug-likeness (QED) is 0.555. The van der Waals surface area contributed by atoms with Crippen LogP contribution in [0.1, 0.15) is 27.7 Å². The Morgan fingerprint density at radius 2 is 1.92 bits per heavy atom. The second-order valence-electron chi connectivity index (χ2n) is 4.65. The maximum atomic E-state index is 5.45. The van der Waals surface area contributed by atoms with E-state index in [1.807, 2.05) is 0 Å². The van der Waals surface area contributed by atoms with E-state index in [1.54, 1.807) is 0 Å². The summed E-state index contributed by atoms with van der Waals surface area (Å²) in [6, 6.07) is 0. The first-order valence-corrected chi connectivity index (χ1v) is 4.31. The van der Waals surface area contributed by atoms with Crippen LogP contribution in [0.4, 0.5) is 0 Å². The van der Waals surface area contributed by atoms with E-state index in [-0.39, 0.29) is 17.2 Å². The highest BCUT2D eigenvalue weighted by atomic mass is 16.6. The van der Waals surface area contributed by atoms with E-state index >= 15 is 0 Å². The van der Waals surface area contributed by atoms with Crippen molar-refractivity contribution in [3.8, 4) is 0 Å². The van der Waals surface area contributed by atoms with Crippen LogP contribution in [0.2, 0.25) is 0 Å². The largest absolute Gasteiger partial charge is 0.476 e. The number of rotatable bonds is 1. The van der Waals surface area contributed by atoms with Crippen molar-refractivity contribution in [1.29, 1.82) is 0 Å². The summed E-state index contributed by atoms with van der Waals surface area (Å²) in [7, 11) is 0. The highest BCUT2D eigenvalue weighted by Gasteiger charge is 2.54. The lowest BCUT2D eigenvalue weighted by Crippen LogP contribution is -2.17. The van der Waals surface area contributed by atoms with Crippen molar-refractivity contribution in [2.45, 2.75) is 44.9 Å². The number of aliphatic imine (C=N–C) groups is 1. The molecular weight excluding hydrogens is 154 g/mol. The molecule has 1 fully saturated rings. The van der Waals surface area contributed by atoms with Crippen LogP contribution in [0, 0.1) is 0 Å². The monoisotopic (exact) mass is 169 g/mol. The molecule has 0 aliphatic carbocycles. The van der Waals surface area contributed by atoms with Gasteiger partial charge in [0.05, 0.1) is 11.1 Å². The van der Waals surface area contributed by atoms with Gasteiger partial charge in [-0.2, -0.15) is 0 Å². The van der Waals surface area contributed by atoms with Crippen LogP contribution >= 0.6 is 0 Å². The van der Waals surface area contributed by atoms with Gasteiger partial charge < -0.3 is 9.47 Å². The molecule has 2 rings (SSSR count). The summed E-state index contributed by atoms with van der Waals surface area (Å²) in [5.74, 6) is 0.782. The highest BCUT2D eigenvalue weighted by molar-refractivity contribution is 5.86. The fraction of sp³-hybridized carbons (Fsp3) is 0.889. The maximum absolute atomic E-state index is 5.45. The standard InChI is InChI=1S/C9H15NO2/c1-8(2)5-11-7(10-8)6-9(3,4)12-6/h6H,5H2,1-4H3. The molecule has 0 saturated carbocycles. The predicted molar refractivity (Wildman–Crippen MR) is 46.4 cm³/mol. The Morgan fingerprint density at radius 1 is 1.33 bits per heavy atom. The zero-order valence-corrected chi connectivity index (χ0v) is 8.05. The Hall–Kier alpha value is -0.570. The van der Waals surface area contributed by atoms with Crippen LogP contribution in [-0.2, 0) is 9.47 Å². The van der Waals surface area contributed by atoms with Crippen molar-refractivity contribution in [3.63, 3.8) is 0 Å². The number of hydrogen-bond donors (Lipinski definition) is 0. The lowest BCUT2D eigenvalue weighted by molar-refractivity contribution is 0.265. The van der Waals surface area contributed by atoms with Gasteiger partial charge in [-0.3, -0.25) is 0 Å². The van der Waals surface area contributed by atoms with E-state index in [0.717, 1.165) is 5.90 Å². The molecule has 3 heteroatoms. The lowest BCUT2D eigenvalue weighted by atomic mass is 10.1. The summed E-state index contributed by atoms with van der Waals surface area (Å²) < 4.78 is 10.9. The number of hydrogen-bond acceptors (Lipinski definition) is 3. The summed E-state index contributed by atoms with van der Waals surface area (Å²) in [5.41, 5.74) is -0.114. The van der Waals surface area contributed by atoms with Gasteiger partial charge in [0.2, 0.25) is 5.90 Å². The first kappa shape index (κ1) is 8.05. The molecule has 0 aromatic heterocycles. The van der Waals surface area contributed by atoms with Crippen LogP contribution in [-0.4, -0.2) is 29.7 Å². The summed E-state index contributed by atoms with van der Waals surface area (Å²) in [4.78, 5) is 4.45. The molecule has 0 aromatic rings. The van der Waals surface area contributed by atoms with Gasteiger partial charge in [-0.05, 0) is 27.7 Å². The third kappa shape index (κ3) is 1.22. The number of epoxide rings is 1. The van der Waals surface area contributed by atoms with Crippen molar-refractivity contribution in [3.05, 3.63) is 0 Å². The van der Waals surface area contributed by atoms with E-state index < -0.39 is 0 Å². The van der Waals surface area contributed by atoms with Crippen LogP contribution in [0.15, 0.2) is 4.99 Å². The molecule has 0 N–H and O–H groups in total. The van der Waals surface area contributed by atoms with Gasteiger partial charge in [0.25, 0.3) is 0 Å². The normalized spacial score (nSPS) is 35.7. The molecule has 0 aromatic carbocycles. The number of ether oxygens (including phenoxy) is 2. The van der Waals surface area contributed by atoms with E-state index in [0.29, 0.717) is 6.61 Å². The van der Waals surface area contributed by atoms with Gasteiger partial charge >= 0.3 is 0 Å². The minimum atomic E-state index is -0.0582. The average molecular weight is 169 g/mol. The molecule has 1 unspecified atom stereocenters. The van der Waals surface area contributed by atoms with Crippen LogP contribution < -0.4 is 0 Å². The first-order valence-electron chi connectivity index (χ1n) is 4.31. The molecule has 68 valence electrons. The Kier molecular flexibility index (Phi) is 1.35. The van der Waals surface area contributed by atoms with Gasteiger partial charge in [0, 0.05) is 0 Å². The fourth-order valence-electron chi connectivity index (χ4n) is 1.37. The Balaban J connectivity index is 2.09. The third-order valence-electron chi connectivity index (χ3n) is 2.21. The summed E-state index contributed by atoms with van der Waals surface area (Å²) in [6.45, 7) is 8.91. The molecule has 2 aliphatic rings. The molecule has 2 heterocycles. The Bertz CT molecular complexity index is 243. The number of nitrogens with zero attached hydrogens (tertiary/aromatic N) is 1. The second-order valence-corrected chi connectivity index (χ2v) is 4.65. The van der Waals surface area contributed by atoms with Crippen LogP contribution in [0.3, 0.4) is 0 Å². The highest BCUT2D eigenvalue weighted by Crippen LogP contribution is 2.38. The molecule has 3 nitrogen and oxygen atoms in total. The molecule has 2 aliphatic heterocycles. The van der Waals surface area contributed by atoms with Gasteiger partial charge in [-0.1, -0.05) is 0 Å².